The molecule has 10 unspecified atom stereocenters. The third-order valence-corrected chi connectivity index (χ3v) is 13.5. The molecule has 6 fully saturated rings. The molecule has 2 saturated heterocycles. The van der Waals surface area contributed by atoms with Crippen LogP contribution in [0.25, 0.3) is 0 Å². The van der Waals surface area contributed by atoms with Gasteiger partial charge in [-0.1, -0.05) is 105 Å². The first-order chi connectivity index (χ1) is 15.3. The van der Waals surface area contributed by atoms with Gasteiger partial charge < -0.3 is 0 Å². The summed E-state index contributed by atoms with van der Waals surface area (Å²) in [6.45, 7) is 22.6. The summed E-state index contributed by atoms with van der Waals surface area (Å²) in [6, 6.07) is 0. The Morgan fingerprint density at radius 2 is 1.82 bits per heavy atom. The van der Waals surface area contributed by atoms with Crippen LogP contribution < -0.4 is 0 Å². The van der Waals surface area contributed by atoms with Crippen molar-refractivity contribution in [2.75, 3.05) is 0 Å². The van der Waals surface area contributed by atoms with Gasteiger partial charge >= 0.3 is 0 Å². The zero-order valence-corrected chi connectivity index (χ0v) is 22.3. The summed E-state index contributed by atoms with van der Waals surface area (Å²) in [5.74, 6) is 6.70. The van der Waals surface area contributed by atoms with Crippen molar-refractivity contribution in [3.63, 3.8) is 0 Å². The lowest BCUT2D eigenvalue weighted by atomic mass is 9.32. The average molecular weight is 449 g/mol. The quantitative estimate of drug-likeness (QED) is 0.290. The van der Waals surface area contributed by atoms with Crippen molar-refractivity contribution in [3.05, 3.63) is 23.8 Å². The van der Waals surface area contributed by atoms with Gasteiger partial charge in [0.15, 0.2) is 6.71 Å². The number of rotatable bonds is 5. The summed E-state index contributed by atoms with van der Waals surface area (Å²) in [5, 5.41) is 0.746. The molecule has 33 heavy (non-hydrogen) atoms. The second-order valence-electron chi connectivity index (χ2n) is 14.0. The maximum atomic E-state index is 4.83. The molecular weight excluding hydrogens is 395 g/mol. The van der Waals surface area contributed by atoms with E-state index in [4.69, 9.17) is 6.58 Å². The molecule has 0 aromatic carbocycles. The van der Waals surface area contributed by atoms with Gasteiger partial charge in [0.1, 0.15) is 0 Å². The Morgan fingerprint density at radius 3 is 2.52 bits per heavy atom. The van der Waals surface area contributed by atoms with Crippen LogP contribution in [0, 0.1) is 51.8 Å². The van der Waals surface area contributed by atoms with E-state index in [1.165, 1.54) is 44.9 Å². The van der Waals surface area contributed by atoms with E-state index in [1.54, 1.807) is 18.3 Å². The maximum absolute atomic E-state index is 4.83. The fourth-order valence-corrected chi connectivity index (χ4v) is 12.1. The molecule has 0 amide bonds. The normalized spacial score (nSPS) is 50.7. The van der Waals surface area contributed by atoms with Gasteiger partial charge in [-0.3, -0.25) is 0 Å². The first kappa shape index (κ1) is 24.2. The van der Waals surface area contributed by atoms with Gasteiger partial charge in [-0.25, -0.2) is 0 Å². The minimum absolute atomic E-state index is 0. The summed E-state index contributed by atoms with van der Waals surface area (Å²) in [4.78, 5) is 0. The first-order valence-electron chi connectivity index (χ1n) is 14.7. The highest BCUT2D eigenvalue weighted by Crippen LogP contribution is 3.09. The van der Waals surface area contributed by atoms with E-state index >= 15 is 0 Å². The molecule has 3 spiro atoms. The highest BCUT2D eigenvalue weighted by atomic mass is 15.0. The topological polar surface area (TPSA) is 0 Å². The molecular formula is C32H53B. The van der Waals surface area contributed by atoms with Crippen molar-refractivity contribution in [2.45, 2.75) is 125 Å². The molecule has 0 N–H and O–H groups in total. The monoisotopic (exact) mass is 448 g/mol. The van der Waals surface area contributed by atoms with Gasteiger partial charge in [0, 0.05) is 10.8 Å². The molecule has 184 valence electrons. The van der Waals surface area contributed by atoms with Crippen LogP contribution in [0.3, 0.4) is 0 Å². The molecule has 1 heteroatoms. The molecule has 7 aliphatic rings. The molecule has 5 aliphatic carbocycles. The van der Waals surface area contributed by atoms with E-state index in [1.807, 2.05) is 19.4 Å². The van der Waals surface area contributed by atoms with Gasteiger partial charge in [0.05, 0.1) is 0 Å². The number of allylic oxidation sites excluding steroid dienone is 3. The van der Waals surface area contributed by atoms with Gasteiger partial charge in [0.25, 0.3) is 0 Å². The van der Waals surface area contributed by atoms with E-state index in [-0.39, 0.29) is 7.43 Å². The molecule has 2 aliphatic heterocycles. The Balaban J connectivity index is 0.000000742. The van der Waals surface area contributed by atoms with Crippen molar-refractivity contribution < 1.29 is 0 Å². The van der Waals surface area contributed by atoms with Crippen molar-refractivity contribution in [3.8, 4) is 0 Å². The molecule has 0 radical (unpaired) electrons. The van der Waals surface area contributed by atoms with Gasteiger partial charge in [0.2, 0.25) is 0 Å². The zero-order chi connectivity index (χ0) is 22.8. The van der Waals surface area contributed by atoms with Crippen LogP contribution in [-0.2, 0) is 0 Å². The molecule has 0 aromatic heterocycles. The zero-order valence-electron chi connectivity index (χ0n) is 22.3. The van der Waals surface area contributed by atoms with E-state index in [0.29, 0.717) is 16.2 Å². The fraction of sp³-hybridized carbons (Fsp3) is 0.875. The number of fused-ring (bicyclic) bond motifs is 2. The summed E-state index contributed by atoms with van der Waals surface area (Å²) >= 11 is 0. The van der Waals surface area contributed by atoms with E-state index in [9.17, 15) is 0 Å². The summed E-state index contributed by atoms with van der Waals surface area (Å²) in [7, 11) is 0. The fourth-order valence-electron chi connectivity index (χ4n) is 12.1. The largest absolute Gasteiger partial charge is 0.151 e. The Hall–Kier alpha value is -0.455. The lowest BCUT2D eigenvalue weighted by Gasteiger charge is -2.51. The van der Waals surface area contributed by atoms with Gasteiger partial charge in [-0.15, -0.1) is 0 Å². The van der Waals surface area contributed by atoms with Crippen LogP contribution in [0.15, 0.2) is 23.8 Å². The Morgan fingerprint density at radius 1 is 1.09 bits per heavy atom. The third-order valence-electron chi connectivity index (χ3n) is 13.5. The first-order valence-corrected chi connectivity index (χ1v) is 14.7. The number of hydrogen-bond donors (Lipinski definition) is 0. The molecule has 10 atom stereocenters. The summed E-state index contributed by atoms with van der Waals surface area (Å²) in [5.41, 5.74) is 5.35. The van der Waals surface area contributed by atoms with Crippen LogP contribution in [-0.4, -0.2) is 6.71 Å². The smallest absolute Gasteiger partial charge is 0.0989 e. The van der Waals surface area contributed by atoms with E-state index < -0.39 is 0 Å². The van der Waals surface area contributed by atoms with Crippen LogP contribution >= 0.6 is 0 Å². The van der Waals surface area contributed by atoms with Crippen LogP contribution in [0.2, 0.25) is 17.5 Å². The average Bonchev–Trinajstić information content (AvgIpc) is 3.33. The Kier molecular flexibility index (Phi) is 5.36. The number of hydrogen-bond acceptors (Lipinski definition) is 0. The minimum Gasteiger partial charge on any atom is -0.0989 e. The van der Waals surface area contributed by atoms with Crippen molar-refractivity contribution in [1.82, 2.24) is 0 Å². The van der Waals surface area contributed by atoms with E-state index in [2.05, 4.69) is 40.7 Å². The second-order valence-corrected chi connectivity index (χ2v) is 14.0. The van der Waals surface area contributed by atoms with Gasteiger partial charge in [-0.05, 0) is 84.8 Å². The molecule has 7 rings (SSSR count). The molecule has 0 aromatic rings. The van der Waals surface area contributed by atoms with Crippen LogP contribution in [0.4, 0.5) is 0 Å². The summed E-state index contributed by atoms with van der Waals surface area (Å²) in [6.07, 6.45) is 16.1. The highest BCUT2D eigenvalue weighted by Gasteiger charge is 3.02. The Labute approximate surface area is 206 Å². The van der Waals surface area contributed by atoms with Gasteiger partial charge in [-0.2, -0.15) is 0 Å². The lowest BCUT2D eigenvalue weighted by Crippen LogP contribution is -2.45. The molecule has 4 saturated carbocycles. The second kappa shape index (κ2) is 7.29. The van der Waals surface area contributed by atoms with Crippen molar-refractivity contribution in [1.29, 1.82) is 0 Å². The van der Waals surface area contributed by atoms with Crippen LogP contribution in [0.1, 0.15) is 107 Å². The third kappa shape index (κ3) is 2.29. The van der Waals surface area contributed by atoms with E-state index in [0.717, 1.165) is 53.4 Å². The molecule has 0 bridgehead atoms. The SMILES string of the molecule is C.C=C1CCC2CB3C4CC56C(=CCC7(C)C(C(C)CCC(C)C(C)C)CCC75)C16C324.CC. The predicted octanol–water partition coefficient (Wildman–Crippen LogP) is 9.71. The van der Waals surface area contributed by atoms with Crippen molar-refractivity contribution >= 4 is 6.71 Å². The molecule has 0 nitrogen and oxygen atoms in total. The lowest BCUT2D eigenvalue weighted by molar-refractivity contribution is 0.0488. The summed E-state index contributed by atoms with van der Waals surface area (Å²) < 4.78 is 0. The Bertz CT molecular complexity index is 868. The maximum Gasteiger partial charge on any atom is 0.151 e. The van der Waals surface area contributed by atoms with Crippen LogP contribution in [0.5, 0.6) is 0 Å². The highest BCUT2D eigenvalue weighted by molar-refractivity contribution is 6.81. The molecule has 2 heterocycles. The standard InChI is InChI=1S/C29H43B.C2H6.CH4/c1-17(2)18(3)7-8-19(4)22-11-12-23-26(22,6)14-13-24-27(23)15-25-29-21(16-30(25)29)10-9-20(5)28(24,27)29;1-2;/h13,17-19,21-23,25H,5,7-12,14-16H2,1-4,6H3;1-2H3;1H4. The predicted molar refractivity (Wildman–Crippen MR) is 146 cm³/mol. The minimum atomic E-state index is 0. The van der Waals surface area contributed by atoms with Crippen molar-refractivity contribution in [2.24, 2.45) is 51.8 Å².